The minimum atomic E-state index is -0.292. The maximum atomic E-state index is 11.6. The monoisotopic (exact) mass is 456 g/mol. The Morgan fingerprint density at radius 1 is 0.800 bits per heavy atom. The minimum Gasteiger partial charge on any atom is -0.399 e. The summed E-state index contributed by atoms with van der Waals surface area (Å²) in [5, 5.41) is 31.6. The smallest absolute Gasteiger partial charge is 0.221 e. The van der Waals surface area contributed by atoms with Crippen molar-refractivity contribution in [3.63, 3.8) is 0 Å². The van der Waals surface area contributed by atoms with Crippen molar-refractivity contribution >= 4 is 28.7 Å². The normalized spacial score (nSPS) is 10.5. The Bertz CT molecular complexity index is 1440. The molecule has 1 amide bonds. The molecule has 7 heteroatoms. The molecular formula is C28H20N6O. The largest absolute Gasteiger partial charge is 0.399 e. The van der Waals surface area contributed by atoms with E-state index in [1.807, 2.05) is 66.7 Å². The van der Waals surface area contributed by atoms with Crippen LogP contribution < -0.4 is 11.1 Å². The Morgan fingerprint density at radius 2 is 1.34 bits per heavy atom. The molecule has 7 nitrogen and oxygen atoms in total. The zero-order chi connectivity index (χ0) is 24.8. The summed E-state index contributed by atoms with van der Waals surface area (Å²) in [6.45, 7) is 1.38. The van der Waals surface area contributed by atoms with Crippen LogP contribution in [-0.2, 0) is 4.79 Å². The first-order valence-electron chi connectivity index (χ1n) is 10.7. The first-order valence-corrected chi connectivity index (χ1v) is 10.7. The van der Waals surface area contributed by atoms with Gasteiger partial charge < -0.3 is 11.1 Å². The minimum absolute atomic E-state index is 0.154. The lowest BCUT2D eigenvalue weighted by Gasteiger charge is -2.14. The summed E-state index contributed by atoms with van der Waals surface area (Å²) in [7, 11) is 0. The highest BCUT2D eigenvalue weighted by molar-refractivity contribution is 5.93. The van der Waals surface area contributed by atoms with Crippen molar-refractivity contribution in [2.24, 2.45) is 10.2 Å². The van der Waals surface area contributed by atoms with Crippen molar-refractivity contribution < 1.29 is 4.79 Å². The second-order valence-corrected chi connectivity index (χ2v) is 7.68. The third-order valence-corrected chi connectivity index (χ3v) is 5.28. The molecule has 168 valence electrons. The molecule has 0 saturated heterocycles. The van der Waals surface area contributed by atoms with E-state index in [1.165, 1.54) is 6.92 Å². The van der Waals surface area contributed by atoms with Gasteiger partial charge in [-0.3, -0.25) is 4.79 Å². The summed E-state index contributed by atoms with van der Waals surface area (Å²) in [4.78, 5) is 11.6. The first-order chi connectivity index (χ1) is 17.0. The third-order valence-electron chi connectivity index (χ3n) is 5.28. The van der Waals surface area contributed by atoms with E-state index in [9.17, 15) is 15.3 Å². The van der Waals surface area contributed by atoms with Gasteiger partial charge in [-0.2, -0.15) is 10.5 Å². The lowest BCUT2D eigenvalue weighted by molar-refractivity contribution is -0.114. The van der Waals surface area contributed by atoms with Crippen LogP contribution in [0.1, 0.15) is 18.1 Å². The number of nitrogens with two attached hydrogens (primary N) is 1. The van der Waals surface area contributed by atoms with Gasteiger partial charge in [0.05, 0.1) is 16.8 Å². The lowest BCUT2D eigenvalue weighted by Crippen LogP contribution is -2.06. The summed E-state index contributed by atoms with van der Waals surface area (Å²) in [5.74, 6) is -0.292. The number of benzene rings is 4. The van der Waals surface area contributed by atoms with E-state index in [1.54, 1.807) is 18.2 Å². The van der Waals surface area contributed by atoms with Crippen molar-refractivity contribution in [2.45, 2.75) is 6.92 Å². The van der Waals surface area contributed by atoms with Crippen molar-refractivity contribution in [3.8, 4) is 34.4 Å². The van der Waals surface area contributed by atoms with E-state index in [0.717, 1.165) is 11.1 Å². The van der Waals surface area contributed by atoms with Crippen molar-refractivity contribution in [1.29, 1.82) is 10.5 Å². The molecular weight excluding hydrogens is 436 g/mol. The number of carbonyl (C=O) groups is 1. The van der Waals surface area contributed by atoms with Crippen LogP contribution in [0.3, 0.4) is 0 Å². The highest BCUT2D eigenvalue weighted by Gasteiger charge is 2.20. The van der Waals surface area contributed by atoms with E-state index < -0.39 is 0 Å². The topological polar surface area (TPSA) is 127 Å². The molecule has 0 atom stereocenters. The molecule has 3 N–H and O–H groups in total. The van der Waals surface area contributed by atoms with Gasteiger partial charge in [-0.15, -0.1) is 10.2 Å². The fourth-order valence-electron chi connectivity index (χ4n) is 3.72. The second-order valence-electron chi connectivity index (χ2n) is 7.68. The molecule has 0 bridgehead atoms. The van der Waals surface area contributed by atoms with E-state index in [-0.39, 0.29) is 22.7 Å². The number of azo groups is 1. The molecule has 0 unspecified atom stereocenters. The van der Waals surface area contributed by atoms with Gasteiger partial charge in [0.15, 0.2) is 0 Å². The standard InChI is InChI=1S/C28H20N6O/c1-18(35)32-27-14-21(31)12-13-26(27)33-34-28-24(16-29)22(19-8-4-2-5-9-19)15-23(25(28)17-30)20-10-6-3-7-11-20/h2-15H,31H2,1H3,(H,32,35). The number of nitriles is 2. The van der Waals surface area contributed by atoms with E-state index in [4.69, 9.17) is 5.73 Å². The maximum absolute atomic E-state index is 11.6. The van der Waals surface area contributed by atoms with Crippen molar-refractivity contribution in [2.75, 3.05) is 11.1 Å². The number of anilines is 2. The Balaban J connectivity index is 1.99. The lowest BCUT2D eigenvalue weighted by atomic mass is 9.89. The Kier molecular flexibility index (Phi) is 6.62. The SMILES string of the molecule is CC(=O)Nc1cc(N)ccc1N=Nc1c(C#N)c(-c2ccccc2)cc(-c2ccccc2)c1C#N. The molecule has 0 radical (unpaired) electrons. The average Bonchev–Trinajstić information content (AvgIpc) is 2.88. The highest BCUT2D eigenvalue weighted by Crippen LogP contribution is 2.41. The van der Waals surface area contributed by atoms with Crippen LogP contribution in [0, 0.1) is 22.7 Å². The second kappa shape index (κ2) is 10.1. The predicted molar refractivity (Wildman–Crippen MR) is 136 cm³/mol. The summed E-state index contributed by atoms with van der Waals surface area (Å²) in [6.07, 6.45) is 0. The Hall–Kier alpha value is -5.27. The molecule has 0 aliphatic rings. The number of hydrogen-bond acceptors (Lipinski definition) is 6. The van der Waals surface area contributed by atoms with Crippen LogP contribution in [0.15, 0.2) is 95.2 Å². The molecule has 35 heavy (non-hydrogen) atoms. The highest BCUT2D eigenvalue weighted by atomic mass is 16.1. The number of hydrogen-bond donors (Lipinski definition) is 2. The third kappa shape index (κ3) is 4.90. The zero-order valence-corrected chi connectivity index (χ0v) is 18.9. The molecule has 0 heterocycles. The summed E-state index contributed by atoms with van der Waals surface area (Å²) >= 11 is 0. The fourth-order valence-corrected chi connectivity index (χ4v) is 3.72. The van der Waals surface area contributed by atoms with Crippen LogP contribution in [0.2, 0.25) is 0 Å². The van der Waals surface area contributed by atoms with Crippen molar-refractivity contribution in [1.82, 2.24) is 0 Å². The summed E-state index contributed by atoms with van der Waals surface area (Å²) < 4.78 is 0. The van der Waals surface area contributed by atoms with Crippen LogP contribution in [-0.4, -0.2) is 5.91 Å². The molecule has 4 aromatic carbocycles. The van der Waals surface area contributed by atoms with Crippen LogP contribution in [0.25, 0.3) is 22.3 Å². The van der Waals surface area contributed by atoms with Gasteiger partial charge in [-0.1, -0.05) is 60.7 Å². The summed E-state index contributed by atoms with van der Waals surface area (Å²) in [5.41, 5.74) is 10.5. The van der Waals surface area contributed by atoms with Crippen molar-refractivity contribution in [3.05, 3.63) is 96.1 Å². The van der Waals surface area contributed by atoms with Gasteiger partial charge in [0.2, 0.25) is 5.91 Å². The molecule has 0 saturated carbocycles. The summed E-state index contributed by atoms with van der Waals surface area (Å²) in [6, 6.07) is 30.0. The predicted octanol–water partition coefficient (Wildman–Crippen LogP) is 6.72. The molecule has 0 aromatic heterocycles. The number of nitrogen functional groups attached to an aromatic ring is 1. The Morgan fingerprint density at radius 3 is 1.83 bits per heavy atom. The molecule has 0 spiro atoms. The number of nitrogens with one attached hydrogen (secondary N) is 1. The van der Waals surface area contributed by atoms with Gasteiger partial charge in [0, 0.05) is 23.7 Å². The van der Waals surface area contributed by atoms with Gasteiger partial charge in [0.25, 0.3) is 0 Å². The first kappa shape index (κ1) is 22.9. The maximum Gasteiger partial charge on any atom is 0.221 e. The number of rotatable bonds is 5. The number of nitrogens with zero attached hydrogens (tertiary/aromatic N) is 4. The van der Waals surface area contributed by atoms with Gasteiger partial charge in [0.1, 0.15) is 23.5 Å². The number of amides is 1. The molecule has 0 aliphatic carbocycles. The fraction of sp³-hybridized carbons (Fsp3) is 0.0357. The van der Waals surface area contributed by atoms with Gasteiger partial charge in [-0.05, 0) is 35.4 Å². The average molecular weight is 457 g/mol. The van der Waals surface area contributed by atoms with Crippen LogP contribution >= 0.6 is 0 Å². The van der Waals surface area contributed by atoms with Gasteiger partial charge >= 0.3 is 0 Å². The zero-order valence-electron chi connectivity index (χ0n) is 18.9. The van der Waals surface area contributed by atoms with E-state index in [0.29, 0.717) is 28.2 Å². The molecule has 4 rings (SSSR count). The van der Waals surface area contributed by atoms with E-state index in [2.05, 4.69) is 27.7 Å². The van der Waals surface area contributed by atoms with Crippen LogP contribution in [0.5, 0.6) is 0 Å². The van der Waals surface area contributed by atoms with Gasteiger partial charge in [-0.25, -0.2) is 0 Å². The molecule has 0 aliphatic heterocycles. The van der Waals surface area contributed by atoms with E-state index >= 15 is 0 Å². The van der Waals surface area contributed by atoms with Crippen LogP contribution in [0.4, 0.5) is 22.7 Å². The number of carbonyl (C=O) groups excluding carboxylic acids is 1. The molecule has 0 fully saturated rings. The quantitative estimate of drug-likeness (QED) is 0.255. The molecule has 4 aromatic rings. The Labute approximate surface area is 202 Å².